The normalized spacial score (nSPS) is 22.1. The zero-order valence-electron chi connectivity index (χ0n) is 8.98. The van der Waals surface area contributed by atoms with E-state index in [0.717, 1.165) is 25.2 Å². The third kappa shape index (κ3) is 1.87. The molecule has 1 aliphatic heterocycles. The van der Waals surface area contributed by atoms with Gasteiger partial charge >= 0.3 is 0 Å². The van der Waals surface area contributed by atoms with Gasteiger partial charge in [-0.25, -0.2) is 0 Å². The molecule has 0 saturated carbocycles. The molecule has 1 saturated heterocycles. The molecule has 5 nitrogen and oxygen atoms in total. The van der Waals surface area contributed by atoms with Crippen LogP contribution in [0.2, 0.25) is 0 Å². The molecular formula is C10H17N5. The first-order valence-electron chi connectivity index (χ1n) is 5.35. The Hall–Kier alpha value is -1.36. The second-order valence-electron chi connectivity index (χ2n) is 3.90. The Morgan fingerprint density at radius 1 is 1.47 bits per heavy atom. The summed E-state index contributed by atoms with van der Waals surface area (Å²) in [5.41, 5.74) is 12.7. The molecule has 0 spiro atoms. The summed E-state index contributed by atoms with van der Waals surface area (Å²) in [7, 11) is 0. The molecule has 0 bridgehead atoms. The molecule has 0 aliphatic carbocycles. The van der Waals surface area contributed by atoms with Crippen molar-refractivity contribution in [3.63, 3.8) is 0 Å². The van der Waals surface area contributed by atoms with E-state index in [2.05, 4.69) is 22.0 Å². The SMILES string of the molecule is CCN1CCCC1c1cc(N)c(N)nn1. The summed E-state index contributed by atoms with van der Waals surface area (Å²) in [4.78, 5) is 2.39. The van der Waals surface area contributed by atoms with Crippen LogP contribution in [0.4, 0.5) is 11.5 Å². The van der Waals surface area contributed by atoms with Gasteiger partial charge < -0.3 is 11.5 Å². The van der Waals surface area contributed by atoms with Gasteiger partial charge in [-0.15, -0.1) is 5.10 Å². The van der Waals surface area contributed by atoms with E-state index in [1.54, 1.807) is 0 Å². The molecule has 2 heterocycles. The zero-order chi connectivity index (χ0) is 10.8. The first-order chi connectivity index (χ1) is 7.22. The molecular weight excluding hydrogens is 190 g/mol. The maximum absolute atomic E-state index is 5.73. The van der Waals surface area contributed by atoms with Crippen LogP contribution >= 0.6 is 0 Å². The number of hydrogen-bond donors (Lipinski definition) is 2. The fourth-order valence-electron chi connectivity index (χ4n) is 2.13. The lowest BCUT2D eigenvalue weighted by molar-refractivity contribution is 0.266. The third-order valence-corrected chi connectivity index (χ3v) is 2.98. The summed E-state index contributed by atoms with van der Waals surface area (Å²) in [6.45, 7) is 4.33. The molecule has 1 fully saturated rings. The van der Waals surface area contributed by atoms with E-state index in [-0.39, 0.29) is 0 Å². The van der Waals surface area contributed by atoms with Crippen LogP contribution in [0.3, 0.4) is 0 Å². The predicted molar refractivity (Wildman–Crippen MR) is 60.1 cm³/mol. The van der Waals surface area contributed by atoms with Crippen LogP contribution in [-0.2, 0) is 0 Å². The second-order valence-corrected chi connectivity index (χ2v) is 3.90. The van der Waals surface area contributed by atoms with E-state index in [1.807, 2.05) is 6.07 Å². The zero-order valence-corrected chi connectivity index (χ0v) is 8.98. The van der Waals surface area contributed by atoms with Crippen molar-refractivity contribution in [3.8, 4) is 0 Å². The smallest absolute Gasteiger partial charge is 0.169 e. The molecule has 4 N–H and O–H groups in total. The lowest BCUT2D eigenvalue weighted by atomic mass is 10.1. The number of nitrogen functional groups attached to an aromatic ring is 2. The minimum atomic E-state index is 0.319. The Balaban J connectivity index is 2.25. The maximum Gasteiger partial charge on any atom is 0.169 e. The summed E-state index contributed by atoms with van der Waals surface area (Å²) in [5.74, 6) is 0.319. The molecule has 5 heteroatoms. The number of nitrogens with zero attached hydrogens (tertiary/aromatic N) is 3. The quantitative estimate of drug-likeness (QED) is 0.749. The van der Waals surface area contributed by atoms with Gasteiger partial charge in [0.05, 0.1) is 17.4 Å². The van der Waals surface area contributed by atoms with Crippen molar-refractivity contribution in [2.45, 2.75) is 25.8 Å². The van der Waals surface area contributed by atoms with Gasteiger partial charge in [0.25, 0.3) is 0 Å². The van der Waals surface area contributed by atoms with Crippen molar-refractivity contribution in [2.75, 3.05) is 24.6 Å². The lowest BCUT2D eigenvalue weighted by Gasteiger charge is -2.21. The number of anilines is 2. The summed E-state index contributed by atoms with van der Waals surface area (Å²) in [6.07, 6.45) is 2.34. The fraction of sp³-hybridized carbons (Fsp3) is 0.600. The van der Waals surface area contributed by atoms with Crippen molar-refractivity contribution in [1.82, 2.24) is 15.1 Å². The minimum Gasteiger partial charge on any atom is -0.396 e. The van der Waals surface area contributed by atoms with Crippen LogP contribution < -0.4 is 11.5 Å². The van der Waals surface area contributed by atoms with Gasteiger partial charge in [0.1, 0.15) is 0 Å². The van der Waals surface area contributed by atoms with Crippen LogP contribution in [0.5, 0.6) is 0 Å². The van der Waals surface area contributed by atoms with E-state index >= 15 is 0 Å². The molecule has 1 atom stereocenters. The van der Waals surface area contributed by atoms with E-state index in [1.165, 1.54) is 6.42 Å². The van der Waals surface area contributed by atoms with Gasteiger partial charge in [-0.05, 0) is 32.0 Å². The van der Waals surface area contributed by atoms with E-state index in [4.69, 9.17) is 11.5 Å². The van der Waals surface area contributed by atoms with E-state index in [9.17, 15) is 0 Å². The van der Waals surface area contributed by atoms with Crippen LogP contribution in [0.25, 0.3) is 0 Å². The van der Waals surface area contributed by atoms with E-state index < -0.39 is 0 Å². The molecule has 1 unspecified atom stereocenters. The highest BCUT2D eigenvalue weighted by molar-refractivity contribution is 5.57. The first kappa shape index (κ1) is 10.2. The number of aromatic nitrogens is 2. The van der Waals surface area contributed by atoms with Crippen LogP contribution in [-0.4, -0.2) is 28.2 Å². The Bertz CT molecular complexity index is 352. The third-order valence-electron chi connectivity index (χ3n) is 2.98. The van der Waals surface area contributed by atoms with Crippen LogP contribution in [0.15, 0.2) is 6.07 Å². The number of hydrogen-bond acceptors (Lipinski definition) is 5. The highest BCUT2D eigenvalue weighted by Crippen LogP contribution is 2.31. The van der Waals surface area contributed by atoms with Crippen LogP contribution in [0, 0.1) is 0 Å². The van der Waals surface area contributed by atoms with Gasteiger partial charge in [-0.3, -0.25) is 4.90 Å². The monoisotopic (exact) mass is 207 g/mol. The molecule has 1 aliphatic rings. The topological polar surface area (TPSA) is 81.1 Å². The van der Waals surface area contributed by atoms with Gasteiger partial charge in [-0.2, -0.15) is 5.10 Å². The first-order valence-corrected chi connectivity index (χ1v) is 5.35. The largest absolute Gasteiger partial charge is 0.396 e. The van der Waals surface area contributed by atoms with Crippen molar-refractivity contribution in [3.05, 3.63) is 11.8 Å². The van der Waals surface area contributed by atoms with Crippen LogP contribution in [0.1, 0.15) is 31.5 Å². The number of rotatable bonds is 2. The molecule has 0 amide bonds. The van der Waals surface area contributed by atoms with Crippen molar-refractivity contribution in [1.29, 1.82) is 0 Å². The van der Waals surface area contributed by atoms with Gasteiger partial charge in [0, 0.05) is 0 Å². The molecule has 1 aromatic heterocycles. The number of likely N-dealkylation sites (tertiary alicyclic amines) is 1. The summed E-state index contributed by atoms with van der Waals surface area (Å²) in [6, 6.07) is 2.21. The summed E-state index contributed by atoms with van der Waals surface area (Å²) >= 11 is 0. The lowest BCUT2D eigenvalue weighted by Crippen LogP contribution is -2.23. The highest BCUT2D eigenvalue weighted by Gasteiger charge is 2.26. The molecule has 1 aromatic rings. The Morgan fingerprint density at radius 2 is 2.27 bits per heavy atom. The number of nitrogens with two attached hydrogens (primary N) is 2. The average Bonchev–Trinajstić information content (AvgIpc) is 2.70. The highest BCUT2D eigenvalue weighted by atomic mass is 15.2. The predicted octanol–water partition coefficient (Wildman–Crippen LogP) is 0.798. The van der Waals surface area contributed by atoms with Gasteiger partial charge in [-0.1, -0.05) is 6.92 Å². The average molecular weight is 207 g/mol. The van der Waals surface area contributed by atoms with E-state index in [0.29, 0.717) is 17.5 Å². The van der Waals surface area contributed by atoms with Crippen molar-refractivity contribution < 1.29 is 0 Å². The molecule has 82 valence electrons. The van der Waals surface area contributed by atoms with Crippen molar-refractivity contribution in [2.24, 2.45) is 0 Å². The molecule has 0 radical (unpaired) electrons. The summed E-state index contributed by atoms with van der Waals surface area (Å²) in [5, 5.41) is 7.99. The maximum atomic E-state index is 5.73. The molecule has 2 rings (SSSR count). The summed E-state index contributed by atoms with van der Waals surface area (Å²) < 4.78 is 0. The Morgan fingerprint density at radius 3 is 2.93 bits per heavy atom. The molecule has 15 heavy (non-hydrogen) atoms. The minimum absolute atomic E-state index is 0.319. The molecule has 0 aromatic carbocycles. The van der Waals surface area contributed by atoms with Crippen molar-refractivity contribution >= 4 is 11.5 Å². The van der Waals surface area contributed by atoms with Gasteiger partial charge in [0.2, 0.25) is 0 Å². The fourth-order valence-corrected chi connectivity index (χ4v) is 2.13. The standard InChI is InChI=1S/C10H17N5/c1-2-15-5-3-4-9(15)8-6-7(11)10(12)14-13-8/h6,9H,2-5H2,1H3,(H2,11,13)(H2,12,14). The van der Waals surface area contributed by atoms with Gasteiger partial charge in [0.15, 0.2) is 5.82 Å². The Labute approximate surface area is 89.5 Å². The second kappa shape index (κ2) is 4.02. The Kier molecular flexibility index (Phi) is 2.73.